The molecule has 0 saturated heterocycles. The van der Waals surface area contributed by atoms with E-state index < -0.39 is 0 Å². The smallest absolute Gasteiger partial charge is 0.257 e. The van der Waals surface area contributed by atoms with E-state index in [0.29, 0.717) is 16.3 Å². The van der Waals surface area contributed by atoms with Crippen LogP contribution >= 0.6 is 11.6 Å². The van der Waals surface area contributed by atoms with Gasteiger partial charge in [-0.15, -0.1) is 0 Å². The summed E-state index contributed by atoms with van der Waals surface area (Å²) in [6.07, 6.45) is 1.56. The number of anilines is 1. The van der Waals surface area contributed by atoms with Crippen molar-refractivity contribution in [2.45, 2.75) is 26.7 Å². The second kappa shape index (κ2) is 9.13. The molecular formula is C23H25ClN4O2. The third-order valence-corrected chi connectivity index (χ3v) is 4.97. The van der Waals surface area contributed by atoms with Crippen LogP contribution in [0.2, 0.25) is 5.02 Å². The zero-order valence-electron chi connectivity index (χ0n) is 17.5. The lowest BCUT2D eigenvalue weighted by atomic mass is 10.0. The van der Waals surface area contributed by atoms with Crippen molar-refractivity contribution in [3.8, 4) is 5.69 Å². The van der Waals surface area contributed by atoms with Crippen LogP contribution in [0.1, 0.15) is 41.4 Å². The third kappa shape index (κ3) is 4.89. The van der Waals surface area contributed by atoms with Crippen LogP contribution in [0.5, 0.6) is 0 Å². The molecule has 6 nitrogen and oxygen atoms in total. The van der Waals surface area contributed by atoms with Gasteiger partial charge in [-0.3, -0.25) is 9.59 Å². The number of nitrogens with zero attached hydrogens (tertiary/aromatic N) is 3. The molecule has 3 aromatic rings. The second-order valence-electron chi connectivity index (χ2n) is 7.56. The first-order valence-electron chi connectivity index (χ1n) is 9.72. The number of nitrogens with one attached hydrogen (secondary N) is 1. The summed E-state index contributed by atoms with van der Waals surface area (Å²) >= 11 is 5.98. The molecule has 0 aliphatic heterocycles. The summed E-state index contributed by atoms with van der Waals surface area (Å²) in [7, 11) is 1.61. The molecule has 0 radical (unpaired) electrons. The van der Waals surface area contributed by atoms with E-state index in [1.807, 2.05) is 57.2 Å². The minimum Gasteiger partial charge on any atom is -0.332 e. The maximum atomic E-state index is 13.1. The van der Waals surface area contributed by atoms with Gasteiger partial charge in [0.25, 0.3) is 5.91 Å². The van der Waals surface area contributed by atoms with Crippen LogP contribution in [0.4, 0.5) is 5.69 Å². The van der Waals surface area contributed by atoms with Gasteiger partial charge in [-0.1, -0.05) is 43.1 Å². The summed E-state index contributed by atoms with van der Waals surface area (Å²) < 4.78 is 1.74. The zero-order valence-corrected chi connectivity index (χ0v) is 18.3. The van der Waals surface area contributed by atoms with Gasteiger partial charge in [0.1, 0.15) is 0 Å². The molecule has 2 amide bonds. The van der Waals surface area contributed by atoms with Crippen molar-refractivity contribution >= 4 is 29.1 Å². The summed E-state index contributed by atoms with van der Waals surface area (Å²) in [6, 6.07) is 14.8. The Morgan fingerprint density at radius 2 is 1.73 bits per heavy atom. The number of rotatable bonds is 6. The van der Waals surface area contributed by atoms with E-state index in [0.717, 1.165) is 16.9 Å². The van der Waals surface area contributed by atoms with Crippen molar-refractivity contribution in [3.05, 3.63) is 76.6 Å². The summed E-state index contributed by atoms with van der Waals surface area (Å²) in [5, 5.41) is 7.87. The SMILES string of the molecule is Cc1ccc(NC(=O)CN(C)C(=O)c2cnn(-c3ccc(Cl)cc3)c2C(C)C)cc1. The Morgan fingerprint density at radius 3 is 2.33 bits per heavy atom. The van der Waals surface area contributed by atoms with Crippen LogP contribution in [0, 0.1) is 6.92 Å². The number of hydrogen-bond acceptors (Lipinski definition) is 3. The van der Waals surface area contributed by atoms with Gasteiger partial charge in [-0.05, 0) is 49.2 Å². The van der Waals surface area contributed by atoms with Crippen molar-refractivity contribution in [1.29, 1.82) is 0 Å². The number of amides is 2. The van der Waals surface area contributed by atoms with E-state index in [-0.39, 0.29) is 24.3 Å². The normalized spacial score (nSPS) is 10.9. The van der Waals surface area contributed by atoms with Crippen LogP contribution in [0.3, 0.4) is 0 Å². The molecule has 0 fully saturated rings. The number of halogens is 1. The highest BCUT2D eigenvalue weighted by molar-refractivity contribution is 6.30. The Labute approximate surface area is 181 Å². The Morgan fingerprint density at radius 1 is 1.10 bits per heavy atom. The molecule has 0 aliphatic rings. The van der Waals surface area contributed by atoms with E-state index in [2.05, 4.69) is 10.4 Å². The molecule has 0 unspecified atom stereocenters. The number of aromatic nitrogens is 2. The molecular weight excluding hydrogens is 400 g/mol. The van der Waals surface area contributed by atoms with Crippen molar-refractivity contribution in [2.24, 2.45) is 0 Å². The van der Waals surface area contributed by atoms with Gasteiger partial charge in [0.2, 0.25) is 5.91 Å². The maximum Gasteiger partial charge on any atom is 0.257 e. The standard InChI is InChI=1S/C23H25ClN4O2/c1-15(2)22-20(13-25-28(22)19-11-7-17(24)8-12-19)23(30)27(4)14-21(29)26-18-9-5-16(3)6-10-18/h5-13,15H,14H2,1-4H3,(H,26,29). The van der Waals surface area contributed by atoms with Crippen molar-refractivity contribution in [1.82, 2.24) is 14.7 Å². The molecule has 30 heavy (non-hydrogen) atoms. The molecule has 0 bridgehead atoms. The van der Waals surface area contributed by atoms with Gasteiger partial charge in [-0.25, -0.2) is 4.68 Å². The highest BCUT2D eigenvalue weighted by atomic mass is 35.5. The first-order chi connectivity index (χ1) is 14.3. The Kier molecular flexibility index (Phi) is 6.57. The van der Waals surface area contributed by atoms with Crippen molar-refractivity contribution < 1.29 is 9.59 Å². The number of aryl methyl sites for hydroxylation is 1. The lowest BCUT2D eigenvalue weighted by molar-refractivity contribution is -0.116. The predicted molar refractivity (Wildman–Crippen MR) is 119 cm³/mol. The number of hydrogen-bond donors (Lipinski definition) is 1. The number of benzene rings is 2. The van der Waals surface area contributed by atoms with Gasteiger partial charge in [0.05, 0.1) is 29.7 Å². The molecule has 1 N–H and O–H groups in total. The molecule has 156 valence electrons. The van der Waals surface area contributed by atoms with Gasteiger partial charge in [0, 0.05) is 17.8 Å². The van der Waals surface area contributed by atoms with E-state index in [1.165, 1.54) is 4.90 Å². The van der Waals surface area contributed by atoms with Crippen molar-refractivity contribution in [3.63, 3.8) is 0 Å². The van der Waals surface area contributed by atoms with Gasteiger partial charge in [0.15, 0.2) is 0 Å². The van der Waals surface area contributed by atoms with Crippen LogP contribution in [-0.2, 0) is 4.79 Å². The van der Waals surface area contributed by atoms with Gasteiger partial charge >= 0.3 is 0 Å². The van der Waals surface area contributed by atoms with E-state index in [9.17, 15) is 9.59 Å². The summed E-state index contributed by atoms with van der Waals surface area (Å²) in [5.74, 6) is -0.458. The molecule has 1 aromatic heterocycles. The fraction of sp³-hybridized carbons (Fsp3) is 0.261. The molecule has 1 heterocycles. The first kappa shape index (κ1) is 21.6. The average Bonchev–Trinajstić information content (AvgIpc) is 3.15. The maximum absolute atomic E-state index is 13.1. The molecule has 0 saturated carbocycles. The lowest BCUT2D eigenvalue weighted by Gasteiger charge is -2.18. The fourth-order valence-electron chi connectivity index (χ4n) is 3.20. The molecule has 0 spiro atoms. The Balaban J connectivity index is 1.77. The molecule has 2 aromatic carbocycles. The Hall–Kier alpha value is -3.12. The summed E-state index contributed by atoms with van der Waals surface area (Å²) in [4.78, 5) is 26.9. The first-order valence-corrected chi connectivity index (χ1v) is 10.1. The highest BCUT2D eigenvalue weighted by Crippen LogP contribution is 2.25. The average molecular weight is 425 g/mol. The van der Waals surface area contributed by atoms with Gasteiger partial charge < -0.3 is 10.2 Å². The summed E-state index contributed by atoms with van der Waals surface area (Å²) in [5.41, 5.74) is 3.89. The molecule has 0 atom stereocenters. The van der Waals surface area contributed by atoms with E-state index >= 15 is 0 Å². The number of carbonyl (C=O) groups excluding carboxylic acids is 2. The topological polar surface area (TPSA) is 67.2 Å². The number of carbonyl (C=O) groups is 2. The lowest BCUT2D eigenvalue weighted by Crippen LogP contribution is -2.35. The van der Waals surface area contributed by atoms with E-state index in [4.69, 9.17) is 11.6 Å². The minimum atomic E-state index is -0.258. The minimum absolute atomic E-state index is 0.0527. The molecule has 7 heteroatoms. The van der Waals surface area contributed by atoms with Crippen LogP contribution in [0.25, 0.3) is 5.69 Å². The molecule has 0 aliphatic carbocycles. The quantitative estimate of drug-likeness (QED) is 0.625. The fourth-order valence-corrected chi connectivity index (χ4v) is 3.32. The van der Waals surface area contributed by atoms with Crippen LogP contribution in [0.15, 0.2) is 54.7 Å². The summed E-state index contributed by atoms with van der Waals surface area (Å²) in [6.45, 7) is 5.93. The highest BCUT2D eigenvalue weighted by Gasteiger charge is 2.24. The largest absolute Gasteiger partial charge is 0.332 e. The monoisotopic (exact) mass is 424 g/mol. The third-order valence-electron chi connectivity index (χ3n) is 4.72. The van der Waals surface area contributed by atoms with Gasteiger partial charge in [-0.2, -0.15) is 5.10 Å². The predicted octanol–water partition coefficient (Wildman–Crippen LogP) is 4.67. The molecule has 3 rings (SSSR count). The van der Waals surface area contributed by atoms with Crippen LogP contribution < -0.4 is 5.32 Å². The second-order valence-corrected chi connectivity index (χ2v) is 8.00. The zero-order chi connectivity index (χ0) is 21.8. The van der Waals surface area contributed by atoms with Crippen molar-refractivity contribution in [2.75, 3.05) is 18.9 Å². The van der Waals surface area contributed by atoms with Crippen LogP contribution in [-0.4, -0.2) is 40.1 Å². The number of likely N-dealkylation sites (N-methyl/N-ethyl adjacent to an activating group) is 1. The Bertz CT molecular complexity index is 1040. The van der Waals surface area contributed by atoms with E-state index in [1.54, 1.807) is 30.1 Å².